The molecule has 0 aliphatic heterocycles. The van der Waals surface area contributed by atoms with Crippen LogP contribution < -0.4 is 19.4 Å². The van der Waals surface area contributed by atoms with Crippen LogP contribution in [0, 0.1) is 0 Å². The van der Waals surface area contributed by atoms with Gasteiger partial charge in [0.15, 0.2) is 22.8 Å². The Labute approximate surface area is 532 Å². The number of hydrogen-bond donors (Lipinski definition) is 3. The lowest BCUT2D eigenvalue weighted by molar-refractivity contribution is 0.374. The molecule has 0 fully saturated rings. The van der Waals surface area contributed by atoms with E-state index >= 15 is 0 Å². The highest BCUT2D eigenvalue weighted by molar-refractivity contribution is 6.93. The lowest BCUT2D eigenvalue weighted by Crippen LogP contribution is -2.45. The van der Waals surface area contributed by atoms with E-state index in [1.807, 2.05) is 200 Å². The molecule has 0 bridgehead atoms. The van der Waals surface area contributed by atoms with Crippen LogP contribution in [0.25, 0.3) is 99.2 Å². The summed E-state index contributed by atoms with van der Waals surface area (Å²) in [6, 6.07) is 96.4. The molecule has 3 heterocycles. The van der Waals surface area contributed by atoms with Crippen LogP contribution in [0.1, 0.15) is 20.8 Å². The summed E-state index contributed by atoms with van der Waals surface area (Å²) in [4.78, 5) is 0. The number of aromatic hydroxyl groups is 3. The van der Waals surface area contributed by atoms with Gasteiger partial charge in [0.1, 0.15) is 45.2 Å². The molecule has 0 saturated carbocycles. The van der Waals surface area contributed by atoms with Crippen LogP contribution in [0.4, 0.5) is 0 Å². The number of furan rings is 3. The lowest BCUT2D eigenvalue weighted by Gasteiger charge is -2.28. The maximum Gasteiger partial charge on any atom is 0.177 e. The van der Waals surface area contributed by atoms with Gasteiger partial charge in [0, 0.05) is 49.0 Å². The zero-order valence-corrected chi connectivity index (χ0v) is 53.0. The Morgan fingerprint density at radius 1 is 0.308 bits per heavy atom. The van der Waals surface area contributed by atoms with Crippen molar-refractivity contribution >= 4 is 79.1 Å². The Morgan fingerprint density at radius 2 is 0.670 bits per heavy atom. The van der Waals surface area contributed by atoms with E-state index in [-0.39, 0.29) is 11.5 Å². The zero-order chi connectivity index (χ0) is 63.5. The fraction of sp³-hybridized carbons (Fsp3) is 0.111. The molecule has 15 rings (SSSR count). The average molecular weight is 1220 g/mol. The number of benzene rings is 12. The monoisotopic (exact) mass is 1220 g/mol. The van der Waals surface area contributed by atoms with Gasteiger partial charge in [-0.25, -0.2) is 0 Å². The van der Waals surface area contributed by atoms with Crippen LogP contribution in [0.15, 0.2) is 298 Å². The van der Waals surface area contributed by atoms with Gasteiger partial charge in [0.25, 0.3) is 0 Å². The highest BCUT2D eigenvalue weighted by atomic mass is 28.3. The Kier molecular flexibility index (Phi) is 21.0. The van der Waals surface area contributed by atoms with Crippen LogP contribution in [-0.4, -0.2) is 44.7 Å². The molecular weight excluding hydrogens is 1140 g/mol. The van der Waals surface area contributed by atoms with Crippen molar-refractivity contribution in [2.45, 2.75) is 38.9 Å². The Hall–Kier alpha value is -10.9. The normalized spacial score (nSPS) is 10.8. The van der Waals surface area contributed by atoms with Gasteiger partial charge in [-0.15, -0.1) is 0 Å². The van der Waals surface area contributed by atoms with E-state index in [4.69, 9.17) is 27.5 Å². The maximum absolute atomic E-state index is 9.92. The molecule has 0 saturated heterocycles. The second kappa shape index (κ2) is 30.3. The number of phenolic OH excluding ortho intramolecular Hbond substituents is 3. The molecule has 91 heavy (non-hydrogen) atoms. The van der Waals surface area contributed by atoms with Crippen molar-refractivity contribution in [2.75, 3.05) is 21.3 Å². The van der Waals surface area contributed by atoms with Crippen molar-refractivity contribution in [3.05, 3.63) is 285 Å². The fourth-order valence-corrected chi connectivity index (χ4v) is 15.2. The molecule has 3 N–H and O–H groups in total. The average Bonchev–Trinajstić information content (AvgIpc) is 1.72. The minimum Gasteiger partial charge on any atom is -0.507 e. The zero-order valence-electron chi connectivity index (χ0n) is 52.0. The molecule has 3 aromatic heterocycles. The van der Waals surface area contributed by atoms with Crippen LogP contribution in [0.2, 0.25) is 18.1 Å². The smallest absolute Gasteiger partial charge is 0.177 e. The minimum atomic E-state index is -1.41. The molecule has 0 unspecified atom stereocenters. The van der Waals surface area contributed by atoms with Gasteiger partial charge in [-0.1, -0.05) is 263 Å². The van der Waals surface area contributed by atoms with Crippen molar-refractivity contribution in [3.63, 3.8) is 0 Å². The van der Waals surface area contributed by atoms with Gasteiger partial charge >= 0.3 is 0 Å². The van der Waals surface area contributed by atoms with E-state index < -0.39 is 8.07 Å². The largest absolute Gasteiger partial charge is 0.507 e. The van der Waals surface area contributed by atoms with Crippen LogP contribution >= 0.6 is 0 Å². The Morgan fingerprint density at radius 3 is 1.18 bits per heavy atom. The molecule has 456 valence electrons. The first-order valence-electron chi connectivity index (χ1n) is 30.5. The predicted molar refractivity (Wildman–Crippen MR) is 378 cm³/mol. The third kappa shape index (κ3) is 14.5. The van der Waals surface area contributed by atoms with Crippen LogP contribution in [-0.2, 0) is 0 Å². The Bertz CT molecular complexity index is 4730. The molecular formula is C81H74O9Si. The molecule has 0 atom stereocenters. The number of rotatable bonds is 10. The van der Waals surface area contributed by atoms with Gasteiger partial charge in [-0.2, -0.15) is 0 Å². The first kappa shape index (κ1) is 63.1. The van der Waals surface area contributed by atoms with E-state index in [0.717, 1.165) is 89.2 Å². The molecule has 0 amide bonds. The van der Waals surface area contributed by atoms with Gasteiger partial charge in [0.2, 0.25) is 0 Å². The lowest BCUT2D eigenvalue weighted by atomic mass is 10.0. The van der Waals surface area contributed by atoms with Gasteiger partial charge in [-0.3, -0.25) is 0 Å². The van der Waals surface area contributed by atoms with Gasteiger partial charge in [-0.05, 0) is 82.5 Å². The molecule has 0 aliphatic rings. The summed E-state index contributed by atoms with van der Waals surface area (Å²) in [6.45, 7) is 7.04. The molecule has 0 aliphatic carbocycles. The predicted octanol–water partition coefficient (Wildman–Crippen LogP) is 21.7. The molecule has 12 aromatic carbocycles. The summed E-state index contributed by atoms with van der Waals surface area (Å²) in [5, 5.41) is 37.8. The van der Waals surface area contributed by atoms with E-state index in [0.29, 0.717) is 11.5 Å². The minimum absolute atomic E-state index is 0.186. The molecule has 0 spiro atoms. The van der Waals surface area contributed by atoms with Gasteiger partial charge in [0.05, 0.1) is 29.4 Å². The van der Waals surface area contributed by atoms with Gasteiger partial charge < -0.3 is 42.8 Å². The van der Waals surface area contributed by atoms with E-state index in [1.54, 1.807) is 45.6 Å². The van der Waals surface area contributed by atoms with Crippen molar-refractivity contribution in [2.24, 2.45) is 0 Å². The summed E-state index contributed by atoms with van der Waals surface area (Å²) in [5.41, 5.74) is 11.3. The first-order valence-corrected chi connectivity index (χ1v) is 33.1. The van der Waals surface area contributed by atoms with E-state index in [2.05, 4.69) is 81.4 Å². The maximum atomic E-state index is 9.92. The van der Waals surface area contributed by atoms with Crippen molar-refractivity contribution < 1.29 is 42.8 Å². The third-order valence-electron chi connectivity index (χ3n) is 16.5. The highest BCUT2D eigenvalue weighted by Gasteiger charge is 2.32. The summed E-state index contributed by atoms with van der Waals surface area (Å²) in [7, 11) is 3.41. The molecule has 0 radical (unpaired) electrons. The SMILES string of the molecule is CC[Si](CC)(CC)c1cccc2c1oc1ccccc12.COc1cccc(-c2ccccc2)c1O.COc1cccc(-c2ccccc2O)c1.COc1cccc2c1oc1ccccc12.Oc1ccccc1-c1ccccc1.c1ccc2c(c1)oc1ccccc12. The number of hydrogen-bond acceptors (Lipinski definition) is 9. The van der Waals surface area contributed by atoms with Crippen molar-refractivity contribution in [1.29, 1.82) is 0 Å². The van der Waals surface area contributed by atoms with Crippen molar-refractivity contribution in [1.82, 2.24) is 0 Å². The fourth-order valence-electron chi connectivity index (χ4n) is 11.4. The number of para-hydroxylation sites is 9. The third-order valence-corrected chi connectivity index (χ3v) is 22.1. The summed E-state index contributed by atoms with van der Waals surface area (Å²) in [6.07, 6.45) is 0. The quantitative estimate of drug-likeness (QED) is 0.115. The summed E-state index contributed by atoms with van der Waals surface area (Å²) in [5.74, 6) is 2.86. The summed E-state index contributed by atoms with van der Waals surface area (Å²) < 4.78 is 33.1. The number of phenols is 3. The van der Waals surface area contributed by atoms with E-state index in [9.17, 15) is 15.3 Å². The first-order chi connectivity index (χ1) is 44.6. The Balaban J connectivity index is 0.000000121. The van der Waals surface area contributed by atoms with E-state index in [1.165, 1.54) is 44.9 Å². The summed E-state index contributed by atoms with van der Waals surface area (Å²) >= 11 is 0. The topological polar surface area (TPSA) is 128 Å². The molecule has 10 heteroatoms. The second-order valence-electron chi connectivity index (χ2n) is 21.5. The molecule has 15 aromatic rings. The van der Waals surface area contributed by atoms with Crippen LogP contribution in [0.3, 0.4) is 0 Å². The standard InChI is InChI=1S/C18H22OSi.C13H10O2.2C13H12O2.C12H8O.C12H10O/c1-4-20(5-2,6-3)17-13-9-11-15-14-10-7-8-12-16(14)19-18(15)17;1-14-12-8-4-6-10-9-5-2-3-7-11(9)15-13(10)12;1-15-11-6-4-5-10(9-11)12-7-2-3-8-13(12)14;1-15-12-9-5-8-11(13(12)14)10-6-3-2-4-7-10;1-3-7-11-9(5-1)10-6-2-4-8-12(10)13-11;13-12-9-5-4-8-11(12)10-6-2-1-3-7-10/h7-13H,4-6H2,1-3H3;2-8H,1H3;2*2-9,14H,1H3;1-8H;1-9,13H. The highest BCUT2D eigenvalue weighted by Crippen LogP contribution is 2.38. The number of fused-ring (bicyclic) bond motifs is 9. The second-order valence-corrected chi connectivity index (χ2v) is 26.7. The number of methoxy groups -OCH3 is 3. The molecule has 9 nitrogen and oxygen atoms in total. The number of ether oxygens (including phenoxy) is 3. The van der Waals surface area contributed by atoms with Crippen molar-refractivity contribution in [3.8, 4) is 67.9 Å². The van der Waals surface area contributed by atoms with Crippen LogP contribution in [0.5, 0.6) is 34.5 Å².